The highest BCUT2D eigenvalue weighted by molar-refractivity contribution is 7.79. The van der Waals surface area contributed by atoms with Crippen molar-refractivity contribution in [1.82, 2.24) is 20.9 Å². The van der Waals surface area contributed by atoms with Crippen molar-refractivity contribution in [3.63, 3.8) is 0 Å². The molecule has 1 atom stereocenters. The molecule has 8 nitrogen and oxygen atoms in total. The summed E-state index contributed by atoms with van der Waals surface area (Å²) in [6.07, 6.45) is 3.31. The summed E-state index contributed by atoms with van der Waals surface area (Å²) in [5.74, 6) is -0.764. The number of hydrogen-bond donors (Lipinski definition) is 1. The summed E-state index contributed by atoms with van der Waals surface area (Å²) in [5, 5.41) is 7.30. The zero-order chi connectivity index (χ0) is 30.1. The molecule has 1 aliphatic rings. The van der Waals surface area contributed by atoms with Crippen molar-refractivity contribution in [2.75, 3.05) is 6.61 Å². The maximum absolute atomic E-state index is 14.8. The first-order valence-electron chi connectivity index (χ1n) is 14.1. The fourth-order valence-electron chi connectivity index (χ4n) is 5.13. The van der Waals surface area contributed by atoms with Crippen LogP contribution in [0.25, 0.3) is 27.5 Å². The maximum atomic E-state index is 14.8. The molecule has 1 saturated carbocycles. The van der Waals surface area contributed by atoms with E-state index in [9.17, 15) is 17.9 Å². The number of esters is 1. The van der Waals surface area contributed by atoms with E-state index >= 15 is 0 Å². The first-order chi connectivity index (χ1) is 20.8. The molecule has 3 aromatic carbocycles. The van der Waals surface area contributed by atoms with Crippen LogP contribution in [0.3, 0.4) is 0 Å². The molecule has 0 saturated heterocycles. The third kappa shape index (κ3) is 6.71. The van der Waals surface area contributed by atoms with Gasteiger partial charge in [0.15, 0.2) is 16.4 Å². The molecule has 44 heavy (non-hydrogen) atoms. The fraction of sp³-hybridized carbons (Fsp3) is 0.242. The van der Waals surface area contributed by atoms with Crippen LogP contribution in [0.15, 0.2) is 77.0 Å². The second kappa shape index (κ2) is 13.3. The molecular weight excluding hydrogens is 600 g/mol. The van der Waals surface area contributed by atoms with Crippen molar-refractivity contribution in [3.05, 3.63) is 106 Å². The van der Waals surface area contributed by atoms with Gasteiger partial charge in [-0.3, -0.25) is 0 Å². The van der Waals surface area contributed by atoms with Crippen molar-refractivity contribution in [2.24, 2.45) is 5.92 Å². The highest BCUT2D eigenvalue weighted by Gasteiger charge is 2.29. The topological polar surface area (TPSA) is 132 Å². The minimum atomic E-state index is -3.04. The molecule has 228 valence electrons. The molecule has 0 spiro atoms. The molecule has 0 radical (unpaired) electrons. The highest BCUT2D eigenvalue weighted by atomic mass is 32.2. The molecule has 2 heterocycles. The Morgan fingerprint density at radius 2 is 1.84 bits per heavy atom. The van der Waals surface area contributed by atoms with E-state index in [-0.39, 0.29) is 23.3 Å². The maximum Gasteiger partial charge on any atom is 0.357 e. The molecule has 5 aromatic rings. The van der Waals surface area contributed by atoms with Gasteiger partial charge in [0.1, 0.15) is 0 Å². The summed E-state index contributed by atoms with van der Waals surface area (Å²) in [6.45, 7) is 4.06. The normalized spacial score (nSPS) is 13.4. The Balaban J connectivity index is 0.00000384. The quantitative estimate of drug-likeness (QED) is 0.0980. The largest absolute Gasteiger partial charge is 0.612 e. The van der Waals surface area contributed by atoms with Crippen molar-refractivity contribution in [2.45, 2.75) is 44.4 Å². The number of ether oxygens (including phenoxy) is 1. The van der Waals surface area contributed by atoms with Crippen molar-refractivity contribution in [3.8, 4) is 27.5 Å². The third-order valence-electron chi connectivity index (χ3n) is 7.54. The molecule has 1 unspecified atom stereocenters. The van der Waals surface area contributed by atoms with Crippen LogP contribution in [0.1, 0.15) is 52.6 Å². The Morgan fingerprint density at radius 1 is 1.09 bits per heavy atom. The number of halogens is 1. The number of thiol groups is 1. The molecule has 0 aliphatic heterocycles. The summed E-state index contributed by atoms with van der Waals surface area (Å²) in [5.41, 5.74) is 7.64. The number of thiazole rings is 1. The second-order valence-electron chi connectivity index (χ2n) is 10.7. The smallest absolute Gasteiger partial charge is 0.357 e. The average Bonchev–Trinajstić information content (AvgIpc) is 3.56. The van der Waals surface area contributed by atoms with Crippen LogP contribution in [-0.4, -0.2) is 31.9 Å². The number of aromatic nitrogens is 3. The highest BCUT2D eigenvalue weighted by Crippen LogP contribution is 2.39. The van der Waals surface area contributed by atoms with Crippen LogP contribution in [0.5, 0.6) is 0 Å². The van der Waals surface area contributed by atoms with E-state index in [1.807, 2.05) is 16.8 Å². The first-order valence-corrected chi connectivity index (χ1v) is 16.2. The minimum Gasteiger partial charge on any atom is -0.612 e. The van der Waals surface area contributed by atoms with Crippen molar-refractivity contribution >= 4 is 28.4 Å². The van der Waals surface area contributed by atoms with Gasteiger partial charge in [-0.05, 0) is 73.9 Å². The zero-order valence-electron chi connectivity index (χ0n) is 24.5. The lowest BCUT2D eigenvalue weighted by Gasteiger charge is -2.10. The minimum absolute atomic E-state index is 0. The number of hydrogen-bond acceptors (Lipinski definition) is 8. The molecule has 1 aliphatic carbocycles. The van der Waals surface area contributed by atoms with Gasteiger partial charge in [0, 0.05) is 22.9 Å². The Bertz CT molecular complexity index is 1830. The lowest BCUT2D eigenvalue weighted by molar-refractivity contribution is 0.0520. The van der Waals surface area contributed by atoms with Gasteiger partial charge < -0.3 is 15.4 Å². The number of carbonyl (C=O) groups excluding carboxylic acids is 1. The molecule has 0 bridgehead atoms. The third-order valence-corrected chi connectivity index (χ3v) is 9.11. The zero-order valence-corrected chi connectivity index (χ0v) is 26.2. The monoisotopic (exact) mass is 632 g/mol. The Labute approximate surface area is 261 Å². The van der Waals surface area contributed by atoms with Gasteiger partial charge in [-0.1, -0.05) is 54.1 Å². The number of benzene rings is 3. The van der Waals surface area contributed by atoms with Gasteiger partial charge in [0.2, 0.25) is 5.13 Å². The van der Waals surface area contributed by atoms with Crippen LogP contribution in [0, 0.1) is 18.7 Å². The Morgan fingerprint density at radius 3 is 2.52 bits per heavy atom. The molecule has 3 N–H and O–H groups in total. The van der Waals surface area contributed by atoms with E-state index in [1.54, 1.807) is 18.4 Å². The van der Waals surface area contributed by atoms with E-state index < -0.39 is 22.9 Å². The number of carbonyl (C=O) groups is 1. The fourth-order valence-corrected chi connectivity index (χ4v) is 6.33. The second-order valence-corrected chi connectivity index (χ2v) is 12.6. The van der Waals surface area contributed by atoms with Crippen LogP contribution in [0.4, 0.5) is 4.39 Å². The van der Waals surface area contributed by atoms with E-state index in [4.69, 9.17) is 9.84 Å². The summed E-state index contributed by atoms with van der Waals surface area (Å²) in [4.78, 5) is 16.7. The first kappa shape index (κ1) is 31.4. The summed E-state index contributed by atoms with van der Waals surface area (Å²) in [7, 11) is 0. The van der Waals surface area contributed by atoms with Crippen LogP contribution in [0.2, 0.25) is 0 Å². The van der Waals surface area contributed by atoms with Crippen molar-refractivity contribution < 1.29 is 22.7 Å². The summed E-state index contributed by atoms with van der Waals surface area (Å²) < 4.78 is 44.7. The van der Waals surface area contributed by atoms with E-state index in [0.29, 0.717) is 23.0 Å². The van der Waals surface area contributed by atoms with Crippen LogP contribution in [-0.2, 0) is 32.9 Å². The lowest BCUT2D eigenvalue weighted by atomic mass is 9.95. The van der Waals surface area contributed by atoms with E-state index in [0.717, 1.165) is 52.9 Å². The molecule has 0 amide bonds. The molecule has 2 aromatic heterocycles. The Kier molecular flexibility index (Phi) is 9.50. The molecule has 1 fully saturated rings. The van der Waals surface area contributed by atoms with E-state index in [1.165, 1.54) is 29.0 Å². The van der Waals surface area contributed by atoms with Gasteiger partial charge >= 0.3 is 5.97 Å². The van der Waals surface area contributed by atoms with Gasteiger partial charge in [-0.25, -0.2) is 18.9 Å². The molecule has 6 rings (SSSR count). The predicted octanol–water partition coefficient (Wildman–Crippen LogP) is 7.18. The average molecular weight is 633 g/mol. The van der Waals surface area contributed by atoms with Gasteiger partial charge in [0.25, 0.3) is 0 Å². The van der Waals surface area contributed by atoms with E-state index in [2.05, 4.69) is 48.3 Å². The summed E-state index contributed by atoms with van der Waals surface area (Å²) >= 11 is -1.72. The molecular formula is C33H33FN4O4S2. The summed E-state index contributed by atoms with van der Waals surface area (Å²) in [6, 6.07) is 20.7. The number of nitrogens with zero attached hydrogens (tertiary/aromatic N) is 3. The van der Waals surface area contributed by atoms with Gasteiger partial charge in [-0.15, -0.1) is 15.5 Å². The number of aryl methyl sites for hydroxylation is 1. The lowest BCUT2D eigenvalue weighted by Crippen LogP contribution is -2.08. The molecule has 11 heteroatoms. The predicted molar refractivity (Wildman–Crippen MR) is 170 cm³/mol. The number of rotatable bonds is 10. The van der Waals surface area contributed by atoms with Crippen LogP contribution >= 0.6 is 11.3 Å². The SMILES string of the molecule is CCOC(=O)c1csc(-n2nc(-c3cccc(-c4ccc(C)cc4)c3)c(Cc3ccc([SH+](=O)[O-])c(F)c3)c2CC2CC2)n1.N. The van der Waals surface area contributed by atoms with Crippen molar-refractivity contribution in [1.29, 1.82) is 0 Å². The van der Waals surface area contributed by atoms with Crippen LogP contribution < -0.4 is 6.15 Å². The van der Waals surface area contributed by atoms with Gasteiger partial charge in [-0.2, -0.15) is 5.10 Å². The standard InChI is InChI=1S/C33H30FN3O4S2.H3N/c1-3-41-32(38)28-19-42-33(35-28)37-29(17-21-9-10-21)26(15-22-11-14-30(43(39)40)27(34)16-22)31(36-37)25-6-4-5-24(18-25)23-12-7-20(2)8-13-23;/h4-8,11-14,16,18-19,21,43H,3,9-10,15,17H2,1-2H3;1H3. The Hall–Kier alpha value is -4.03. The van der Waals surface area contributed by atoms with Gasteiger partial charge in [0.05, 0.1) is 29.1 Å².